The Morgan fingerprint density at radius 2 is 1.65 bits per heavy atom. The van der Waals surface area contributed by atoms with E-state index in [1.54, 1.807) is 13.8 Å². The van der Waals surface area contributed by atoms with Crippen LogP contribution >= 0.6 is 7.82 Å². The van der Waals surface area contributed by atoms with Gasteiger partial charge in [-0.15, -0.1) is 0 Å². The summed E-state index contributed by atoms with van der Waals surface area (Å²) in [6.45, 7) is 5.90. The predicted molar refractivity (Wildman–Crippen MR) is 66.8 cm³/mol. The molecule has 96 valence electrons. The Kier molecular flexibility index (Phi) is 5.86. The molecular weight excluding hydrogens is 239 g/mol. The van der Waals surface area contributed by atoms with Gasteiger partial charge in [0.15, 0.2) is 0 Å². The van der Waals surface area contributed by atoms with Crippen LogP contribution in [0, 0.1) is 0 Å². The minimum absolute atomic E-state index is 0.290. The lowest BCUT2D eigenvalue weighted by atomic mass is 10.1. The Morgan fingerprint density at radius 3 is 2.12 bits per heavy atom. The molecule has 0 aliphatic carbocycles. The van der Waals surface area contributed by atoms with E-state index in [-0.39, 0.29) is 6.10 Å². The molecule has 1 atom stereocenters. The molecular formula is C12H19O4P. The lowest BCUT2D eigenvalue weighted by molar-refractivity contribution is 0.0908. The van der Waals surface area contributed by atoms with E-state index in [4.69, 9.17) is 13.6 Å². The molecule has 0 saturated carbocycles. The molecule has 0 saturated heterocycles. The molecule has 17 heavy (non-hydrogen) atoms. The lowest BCUT2D eigenvalue weighted by Gasteiger charge is -2.20. The third kappa shape index (κ3) is 4.60. The summed E-state index contributed by atoms with van der Waals surface area (Å²) in [4.78, 5) is 0. The van der Waals surface area contributed by atoms with E-state index in [1.807, 2.05) is 37.3 Å². The summed E-state index contributed by atoms with van der Waals surface area (Å²) in [5.74, 6) is 0. The minimum Gasteiger partial charge on any atom is -0.287 e. The first kappa shape index (κ1) is 14.4. The van der Waals surface area contributed by atoms with Crippen molar-refractivity contribution in [3.05, 3.63) is 35.9 Å². The highest BCUT2D eigenvalue weighted by molar-refractivity contribution is 7.48. The lowest BCUT2D eigenvalue weighted by Crippen LogP contribution is -2.04. The minimum atomic E-state index is -3.44. The average molecular weight is 258 g/mol. The van der Waals surface area contributed by atoms with Crippen molar-refractivity contribution in [1.29, 1.82) is 0 Å². The first-order valence-corrected chi connectivity index (χ1v) is 7.19. The van der Waals surface area contributed by atoms with Crippen LogP contribution in [0.5, 0.6) is 0 Å². The fourth-order valence-corrected chi connectivity index (χ4v) is 2.73. The molecule has 0 fully saturated rings. The van der Waals surface area contributed by atoms with E-state index in [0.29, 0.717) is 13.2 Å². The van der Waals surface area contributed by atoms with Crippen LogP contribution in [0.3, 0.4) is 0 Å². The van der Waals surface area contributed by atoms with E-state index in [9.17, 15) is 4.57 Å². The maximum Gasteiger partial charge on any atom is 0.475 e. The van der Waals surface area contributed by atoms with Crippen molar-refractivity contribution in [1.82, 2.24) is 0 Å². The molecule has 0 radical (unpaired) electrons. The fraction of sp³-hybridized carbons (Fsp3) is 0.500. The quantitative estimate of drug-likeness (QED) is 0.695. The van der Waals surface area contributed by atoms with Crippen LogP contribution in [0.1, 0.15) is 32.4 Å². The van der Waals surface area contributed by atoms with Crippen LogP contribution in [0.25, 0.3) is 0 Å². The summed E-state index contributed by atoms with van der Waals surface area (Å²) in [7, 11) is -3.44. The van der Waals surface area contributed by atoms with Gasteiger partial charge in [0.1, 0.15) is 0 Å². The van der Waals surface area contributed by atoms with Crippen molar-refractivity contribution in [3.8, 4) is 0 Å². The van der Waals surface area contributed by atoms with Crippen LogP contribution in [0.2, 0.25) is 0 Å². The van der Waals surface area contributed by atoms with Gasteiger partial charge in [0.05, 0.1) is 19.3 Å². The van der Waals surface area contributed by atoms with Gasteiger partial charge in [-0.05, 0) is 26.3 Å². The fourth-order valence-electron chi connectivity index (χ4n) is 1.39. The Hall–Kier alpha value is -0.670. The molecule has 1 aromatic rings. The van der Waals surface area contributed by atoms with Crippen LogP contribution in [-0.4, -0.2) is 13.2 Å². The normalized spacial score (nSPS) is 13.6. The van der Waals surface area contributed by atoms with Gasteiger partial charge in [-0.2, -0.15) is 0 Å². The molecule has 5 heteroatoms. The van der Waals surface area contributed by atoms with Gasteiger partial charge in [-0.3, -0.25) is 13.6 Å². The second kappa shape index (κ2) is 6.92. The SMILES string of the molecule is CCOP(=O)(OCC)OC(C)c1ccccc1. The summed E-state index contributed by atoms with van der Waals surface area (Å²) < 4.78 is 27.7. The second-order valence-electron chi connectivity index (χ2n) is 3.44. The molecule has 1 aromatic carbocycles. The van der Waals surface area contributed by atoms with Crippen LogP contribution in [0.4, 0.5) is 0 Å². The zero-order chi connectivity index (χ0) is 12.7. The molecule has 0 aliphatic rings. The highest BCUT2D eigenvalue weighted by atomic mass is 31.2. The smallest absolute Gasteiger partial charge is 0.287 e. The maximum atomic E-state index is 12.1. The predicted octanol–water partition coefficient (Wildman–Crippen LogP) is 3.95. The van der Waals surface area contributed by atoms with Crippen molar-refractivity contribution in [3.63, 3.8) is 0 Å². The standard InChI is InChI=1S/C12H19O4P/c1-4-14-17(13,15-5-2)16-11(3)12-9-7-6-8-10-12/h6-11H,4-5H2,1-3H3. The van der Waals surface area contributed by atoms with E-state index < -0.39 is 7.82 Å². The highest BCUT2D eigenvalue weighted by Crippen LogP contribution is 2.52. The Bertz CT molecular complexity index is 356. The summed E-state index contributed by atoms with van der Waals surface area (Å²) in [5, 5.41) is 0. The zero-order valence-electron chi connectivity index (χ0n) is 10.5. The van der Waals surface area contributed by atoms with Gasteiger partial charge in [0.2, 0.25) is 0 Å². The first-order valence-electron chi connectivity index (χ1n) is 5.73. The zero-order valence-corrected chi connectivity index (χ0v) is 11.4. The van der Waals surface area contributed by atoms with Crippen LogP contribution in [0.15, 0.2) is 30.3 Å². The number of benzene rings is 1. The largest absolute Gasteiger partial charge is 0.475 e. The molecule has 0 aromatic heterocycles. The number of rotatable bonds is 7. The van der Waals surface area contributed by atoms with Gasteiger partial charge in [0.25, 0.3) is 0 Å². The maximum absolute atomic E-state index is 12.1. The van der Waals surface area contributed by atoms with Crippen LogP contribution < -0.4 is 0 Å². The third-order valence-corrected chi connectivity index (χ3v) is 3.85. The van der Waals surface area contributed by atoms with Crippen molar-refractivity contribution in [2.45, 2.75) is 26.9 Å². The summed E-state index contributed by atoms with van der Waals surface area (Å²) in [6, 6.07) is 9.55. The van der Waals surface area contributed by atoms with Crippen LogP contribution in [-0.2, 0) is 18.1 Å². The topological polar surface area (TPSA) is 44.8 Å². The van der Waals surface area contributed by atoms with Gasteiger partial charge >= 0.3 is 7.82 Å². The molecule has 0 amide bonds. The molecule has 0 spiro atoms. The second-order valence-corrected chi connectivity index (χ2v) is 5.06. The molecule has 1 rings (SSSR count). The van der Waals surface area contributed by atoms with E-state index in [1.165, 1.54) is 0 Å². The van der Waals surface area contributed by atoms with Gasteiger partial charge in [-0.1, -0.05) is 30.3 Å². The molecule has 0 heterocycles. The third-order valence-electron chi connectivity index (χ3n) is 2.13. The molecule has 4 nitrogen and oxygen atoms in total. The molecule has 0 N–H and O–H groups in total. The summed E-state index contributed by atoms with van der Waals surface area (Å²) >= 11 is 0. The van der Waals surface area contributed by atoms with Crippen molar-refractivity contribution < 1.29 is 18.1 Å². The van der Waals surface area contributed by atoms with E-state index >= 15 is 0 Å². The van der Waals surface area contributed by atoms with E-state index in [0.717, 1.165) is 5.56 Å². The van der Waals surface area contributed by atoms with Crippen molar-refractivity contribution in [2.75, 3.05) is 13.2 Å². The molecule has 0 bridgehead atoms. The molecule has 0 aliphatic heterocycles. The number of hydrogen-bond donors (Lipinski definition) is 0. The van der Waals surface area contributed by atoms with E-state index in [2.05, 4.69) is 0 Å². The first-order chi connectivity index (χ1) is 8.11. The number of hydrogen-bond acceptors (Lipinski definition) is 4. The summed E-state index contributed by atoms with van der Waals surface area (Å²) in [5.41, 5.74) is 0.937. The van der Waals surface area contributed by atoms with Crippen molar-refractivity contribution in [2.24, 2.45) is 0 Å². The average Bonchev–Trinajstić information content (AvgIpc) is 2.30. The van der Waals surface area contributed by atoms with Gasteiger partial charge in [0, 0.05) is 0 Å². The highest BCUT2D eigenvalue weighted by Gasteiger charge is 2.28. The van der Waals surface area contributed by atoms with Gasteiger partial charge < -0.3 is 0 Å². The van der Waals surface area contributed by atoms with Gasteiger partial charge in [-0.25, -0.2) is 4.57 Å². The van der Waals surface area contributed by atoms with Crippen molar-refractivity contribution >= 4 is 7.82 Å². The Balaban J connectivity index is 2.71. The Labute approximate surface area is 103 Å². The number of phosphoric ester groups is 1. The monoisotopic (exact) mass is 258 g/mol. The Morgan fingerprint density at radius 1 is 1.12 bits per heavy atom. The number of phosphoric acid groups is 1. The molecule has 1 unspecified atom stereocenters. The summed E-state index contributed by atoms with van der Waals surface area (Å²) in [6.07, 6.45) is -0.333.